The fourth-order valence-electron chi connectivity index (χ4n) is 2.58. The van der Waals surface area contributed by atoms with E-state index in [1.165, 1.54) is 23.8 Å². The molecule has 0 aliphatic heterocycles. The Hall–Kier alpha value is -3.74. The van der Waals surface area contributed by atoms with Gasteiger partial charge in [-0.25, -0.2) is 13.4 Å². The molecule has 3 aromatic rings. The van der Waals surface area contributed by atoms with Gasteiger partial charge in [-0.2, -0.15) is 0 Å². The molecule has 13 heteroatoms. The number of nitro benzene ring substituents is 1. The third-order valence-electron chi connectivity index (χ3n) is 3.84. The fourth-order valence-corrected chi connectivity index (χ4v) is 3.07. The fraction of sp³-hybridized carbons (Fsp3) is 0.133. The molecule has 3 rings (SSSR count). The van der Waals surface area contributed by atoms with E-state index < -0.39 is 43.2 Å². The molecule has 0 atom stereocenters. The Morgan fingerprint density at radius 1 is 1.32 bits per heavy atom. The van der Waals surface area contributed by atoms with Crippen LogP contribution in [0.2, 0.25) is 0 Å². The number of hydrogen-bond acceptors (Lipinski definition) is 8. The average Bonchev–Trinajstić information content (AvgIpc) is 2.58. The Labute approximate surface area is 156 Å². The summed E-state index contributed by atoms with van der Waals surface area (Å²) in [6, 6.07) is 3.32. The van der Waals surface area contributed by atoms with Gasteiger partial charge in [-0.15, -0.1) is 0 Å². The second-order valence-corrected chi connectivity index (χ2v) is 7.64. The number of anilines is 1. The summed E-state index contributed by atoms with van der Waals surface area (Å²) in [7, 11) is -3.78. The Morgan fingerprint density at radius 2 is 2.00 bits per heavy atom. The molecule has 146 valence electrons. The zero-order valence-corrected chi connectivity index (χ0v) is 15.3. The van der Waals surface area contributed by atoms with Gasteiger partial charge in [0.1, 0.15) is 5.69 Å². The SMILES string of the molecule is Cc1c(O)c(=O)ccn1-c1cc2nc(NS(C)(=O)=O)c(=O)[nH]c2cc1[N+](=O)[O-]. The first kappa shape index (κ1) is 19.0. The maximum atomic E-state index is 12.0. The van der Waals surface area contributed by atoms with Crippen molar-refractivity contribution in [3.63, 3.8) is 0 Å². The van der Waals surface area contributed by atoms with Gasteiger partial charge >= 0.3 is 0 Å². The van der Waals surface area contributed by atoms with Crippen molar-refractivity contribution in [3.05, 3.63) is 60.8 Å². The second kappa shape index (κ2) is 6.45. The first-order valence-electron chi connectivity index (χ1n) is 7.60. The van der Waals surface area contributed by atoms with Crippen LogP contribution >= 0.6 is 0 Å². The number of fused-ring (bicyclic) bond motifs is 1. The summed E-state index contributed by atoms with van der Waals surface area (Å²) >= 11 is 0. The quantitative estimate of drug-likeness (QED) is 0.410. The van der Waals surface area contributed by atoms with Gasteiger partial charge in [0.05, 0.1) is 27.9 Å². The van der Waals surface area contributed by atoms with Gasteiger partial charge in [0.25, 0.3) is 11.2 Å². The van der Waals surface area contributed by atoms with E-state index in [0.29, 0.717) is 0 Å². The number of aromatic hydroxyl groups is 1. The summed E-state index contributed by atoms with van der Waals surface area (Å²) in [4.78, 5) is 40.6. The Morgan fingerprint density at radius 3 is 2.61 bits per heavy atom. The highest BCUT2D eigenvalue weighted by atomic mass is 32.2. The molecule has 0 bridgehead atoms. The predicted molar refractivity (Wildman–Crippen MR) is 99.5 cm³/mol. The van der Waals surface area contributed by atoms with Gasteiger partial charge in [-0.05, 0) is 13.0 Å². The number of aromatic nitrogens is 3. The minimum atomic E-state index is -3.78. The van der Waals surface area contributed by atoms with E-state index in [0.717, 1.165) is 18.4 Å². The van der Waals surface area contributed by atoms with Crippen LogP contribution in [0.4, 0.5) is 11.5 Å². The topological polar surface area (TPSA) is 177 Å². The van der Waals surface area contributed by atoms with Crippen LogP contribution in [0.15, 0.2) is 34.0 Å². The number of H-pyrrole nitrogens is 1. The maximum Gasteiger partial charge on any atom is 0.295 e. The number of rotatable bonds is 4. The molecular formula is C15H13N5O7S. The minimum absolute atomic E-state index is 0.00224. The van der Waals surface area contributed by atoms with Crippen molar-refractivity contribution in [2.24, 2.45) is 0 Å². The van der Waals surface area contributed by atoms with Crippen LogP contribution in [0.3, 0.4) is 0 Å². The van der Waals surface area contributed by atoms with Crippen LogP contribution in [0.1, 0.15) is 5.69 Å². The van der Waals surface area contributed by atoms with Crippen molar-refractivity contribution in [1.82, 2.24) is 14.5 Å². The van der Waals surface area contributed by atoms with Gasteiger partial charge in [-0.1, -0.05) is 0 Å². The standard InChI is InChI=1S/C15H13N5O7S/c1-7-13(22)12(21)3-4-19(7)10-5-8-9(6-11(10)20(24)25)17-15(23)14(16-8)18-28(2,26)27/h3-6,22H,1-2H3,(H,16,18)(H,17,23). The molecule has 0 saturated carbocycles. The number of pyridine rings is 1. The van der Waals surface area contributed by atoms with Crippen molar-refractivity contribution < 1.29 is 18.4 Å². The van der Waals surface area contributed by atoms with Crippen LogP contribution in [0.5, 0.6) is 5.75 Å². The van der Waals surface area contributed by atoms with E-state index in [-0.39, 0.29) is 22.4 Å². The molecule has 1 aromatic carbocycles. The molecule has 0 aliphatic carbocycles. The van der Waals surface area contributed by atoms with Crippen LogP contribution in [0.25, 0.3) is 16.7 Å². The first-order valence-corrected chi connectivity index (χ1v) is 9.49. The molecule has 0 aliphatic rings. The maximum absolute atomic E-state index is 12.0. The van der Waals surface area contributed by atoms with E-state index in [2.05, 4.69) is 9.97 Å². The highest BCUT2D eigenvalue weighted by Crippen LogP contribution is 2.29. The summed E-state index contributed by atoms with van der Waals surface area (Å²) in [6.45, 7) is 1.39. The summed E-state index contributed by atoms with van der Waals surface area (Å²) in [6.07, 6.45) is 2.08. The van der Waals surface area contributed by atoms with Crippen molar-refractivity contribution in [2.75, 3.05) is 11.0 Å². The zero-order valence-electron chi connectivity index (χ0n) is 14.5. The number of nitrogens with one attached hydrogen (secondary N) is 2. The Balaban J connectivity index is 2.36. The zero-order chi connectivity index (χ0) is 20.8. The minimum Gasteiger partial charge on any atom is -0.503 e. The lowest BCUT2D eigenvalue weighted by molar-refractivity contribution is -0.384. The van der Waals surface area contributed by atoms with Gasteiger partial charge in [0.15, 0.2) is 5.75 Å². The number of hydrogen-bond donors (Lipinski definition) is 3. The molecule has 0 unspecified atom stereocenters. The van der Waals surface area contributed by atoms with Gasteiger partial charge < -0.3 is 14.7 Å². The van der Waals surface area contributed by atoms with Crippen LogP contribution < -0.4 is 15.7 Å². The van der Waals surface area contributed by atoms with Gasteiger partial charge in [0, 0.05) is 18.3 Å². The first-order chi connectivity index (χ1) is 13.0. The third-order valence-corrected chi connectivity index (χ3v) is 4.40. The molecule has 2 heterocycles. The van der Waals surface area contributed by atoms with Crippen molar-refractivity contribution in [2.45, 2.75) is 6.92 Å². The smallest absolute Gasteiger partial charge is 0.295 e. The van der Waals surface area contributed by atoms with E-state index in [9.17, 15) is 33.2 Å². The van der Waals surface area contributed by atoms with E-state index in [1.807, 2.05) is 4.72 Å². The monoisotopic (exact) mass is 407 g/mol. The van der Waals surface area contributed by atoms with Crippen LogP contribution in [-0.4, -0.2) is 39.2 Å². The van der Waals surface area contributed by atoms with Crippen molar-refractivity contribution in [3.8, 4) is 11.4 Å². The predicted octanol–water partition coefficient (Wildman–Crippen LogP) is 0.368. The molecule has 3 N–H and O–H groups in total. The lowest BCUT2D eigenvalue weighted by Gasteiger charge is -2.13. The molecule has 0 spiro atoms. The number of nitrogens with zero attached hydrogens (tertiary/aromatic N) is 3. The molecule has 0 amide bonds. The van der Waals surface area contributed by atoms with Gasteiger partial charge in [0.2, 0.25) is 21.3 Å². The van der Waals surface area contributed by atoms with Crippen molar-refractivity contribution in [1.29, 1.82) is 0 Å². The Bertz CT molecular complexity index is 1360. The largest absolute Gasteiger partial charge is 0.503 e. The molecule has 12 nitrogen and oxygen atoms in total. The van der Waals surface area contributed by atoms with E-state index >= 15 is 0 Å². The van der Waals surface area contributed by atoms with E-state index in [4.69, 9.17) is 0 Å². The van der Waals surface area contributed by atoms with Crippen LogP contribution in [-0.2, 0) is 10.0 Å². The number of nitro groups is 1. The average molecular weight is 407 g/mol. The number of benzene rings is 1. The number of sulfonamides is 1. The Kier molecular flexibility index (Phi) is 4.39. The molecular weight excluding hydrogens is 394 g/mol. The summed E-state index contributed by atoms with van der Waals surface area (Å²) in [5.41, 5.74) is -1.91. The van der Waals surface area contributed by atoms with Crippen LogP contribution in [0, 0.1) is 17.0 Å². The lowest BCUT2D eigenvalue weighted by Crippen LogP contribution is -2.20. The normalized spacial score (nSPS) is 11.5. The van der Waals surface area contributed by atoms with E-state index in [1.54, 1.807) is 0 Å². The number of aromatic amines is 1. The molecule has 0 radical (unpaired) electrons. The summed E-state index contributed by atoms with van der Waals surface area (Å²) in [5.74, 6) is -1.08. The molecule has 0 fully saturated rings. The highest BCUT2D eigenvalue weighted by molar-refractivity contribution is 7.92. The van der Waals surface area contributed by atoms with Gasteiger partial charge in [-0.3, -0.25) is 24.4 Å². The second-order valence-electron chi connectivity index (χ2n) is 5.89. The third kappa shape index (κ3) is 3.42. The summed E-state index contributed by atoms with van der Waals surface area (Å²) < 4.78 is 25.9. The molecule has 28 heavy (non-hydrogen) atoms. The highest BCUT2D eigenvalue weighted by Gasteiger charge is 2.21. The van der Waals surface area contributed by atoms with Crippen molar-refractivity contribution >= 4 is 32.6 Å². The molecule has 0 saturated heterocycles. The summed E-state index contributed by atoms with van der Waals surface area (Å²) in [5, 5.41) is 21.4. The molecule has 2 aromatic heterocycles. The lowest BCUT2D eigenvalue weighted by atomic mass is 10.2.